The first kappa shape index (κ1) is 12.2. The first-order valence-electron chi connectivity index (χ1n) is 5.08. The van der Waals surface area contributed by atoms with Crippen molar-refractivity contribution in [2.75, 3.05) is 11.9 Å². The Kier molecular flexibility index (Phi) is 4.05. The molecule has 86 valence electrons. The summed E-state index contributed by atoms with van der Waals surface area (Å²) in [6.07, 6.45) is 3.38. The summed E-state index contributed by atoms with van der Waals surface area (Å²) >= 11 is 0. The molecule has 0 saturated heterocycles. The molecule has 1 heterocycles. The number of allylic oxidation sites excluding steroid dienone is 1. The number of hydrogen-bond donors (Lipinski definition) is 2. The third-order valence-electron chi connectivity index (χ3n) is 2.07. The number of aryl methyl sites for hydroxylation is 1. The third-order valence-corrected chi connectivity index (χ3v) is 2.07. The molecule has 4 heteroatoms. The van der Waals surface area contributed by atoms with Crippen LogP contribution in [-0.2, 0) is 0 Å². The zero-order chi connectivity index (χ0) is 12.1. The van der Waals surface area contributed by atoms with Gasteiger partial charge in [0.15, 0.2) is 0 Å². The highest BCUT2D eigenvalue weighted by molar-refractivity contribution is 5.93. The van der Waals surface area contributed by atoms with Crippen LogP contribution in [0.4, 0.5) is 5.69 Å². The molecule has 0 fully saturated rings. The molecule has 0 aliphatic carbocycles. The van der Waals surface area contributed by atoms with Crippen LogP contribution in [0.5, 0.6) is 0 Å². The van der Waals surface area contributed by atoms with Crippen molar-refractivity contribution in [3.8, 4) is 0 Å². The number of nitrogens with zero attached hydrogens (tertiary/aromatic N) is 1. The maximum atomic E-state index is 10.9. The largest absolute Gasteiger partial charge is 0.478 e. The van der Waals surface area contributed by atoms with Crippen LogP contribution in [0.2, 0.25) is 0 Å². The summed E-state index contributed by atoms with van der Waals surface area (Å²) in [7, 11) is 0. The van der Waals surface area contributed by atoms with Crippen LogP contribution in [0.25, 0.3) is 0 Å². The summed E-state index contributed by atoms with van der Waals surface area (Å²) in [5.74, 6) is -0.966. The van der Waals surface area contributed by atoms with E-state index in [9.17, 15) is 4.79 Å². The van der Waals surface area contributed by atoms with Crippen LogP contribution in [0.3, 0.4) is 0 Å². The fourth-order valence-corrected chi connectivity index (χ4v) is 1.24. The molecule has 1 rings (SSSR count). The molecule has 4 nitrogen and oxygen atoms in total. The summed E-state index contributed by atoms with van der Waals surface area (Å²) in [5, 5.41) is 12.0. The van der Waals surface area contributed by atoms with E-state index in [4.69, 9.17) is 5.11 Å². The lowest BCUT2D eigenvalue weighted by molar-refractivity contribution is 0.0697. The van der Waals surface area contributed by atoms with Gasteiger partial charge in [-0.05, 0) is 26.8 Å². The molecule has 1 aromatic rings. The van der Waals surface area contributed by atoms with Crippen molar-refractivity contribution in [3.05, 3.63) is 35.2 Å². The monoisotopic (exact) mass is 220 g/mol. The smallest absolute Gasteiger partial charge is 0.339 e. The summed E-state index contributed by atoms with van der Waals surface area (Å²) in [5.41, 5.74) is 2.80. The van der Waals surface area contributed by atoms with Gasteiger partial charge in [0.05, 0.1) is 5.69 Å². The predicted octanol–water partition coefficient (Wildman–Crippen LogP) is 2.47. The van der Waals surface area contributed by atoms with Gasteiger partial charge >= 0.3 is 5.97 Å². The minimum absolute atomic E-state index is 0.202. The van der Waals surface area contributed by atoms with Crippen molar-refractivity contribution in [2.24, 2.45) is 0 Å². The maximum Gasteiger partial charge on any atom is 0.339 e. The van der Waals surface area contributed by atoms with E-state index in [1.54, 1.807) is 6.07 Å². The SMILES string of the molecule is CC(C)=CCNc1cc(C)ncc1C(=O)O. The standard InChI is InChI=1S/C12H16N2O2/c1-8(2)4-5-13-11-6-9(3)14-7-10(11)12(15)16/h4,6-7H,5H2,1-3H3,(H,13,14)(H,15,16). The molecule has 0 atom stereocenters. The molecule has 0 amide bonds. The maximum absolute atomic E-state index is 10.9. The Bertz CT molecular complexity index is 421. The second-order valence-corrected chi connectivity index (χ2v) is 3.84. The lowest BCUT2D eigenvalue weighted by atomic mass is 10.2. The summed E-state index contributed by atoms with van der Waals surface area (Å²) in [4.78, 5) is 14.9. The van der Waals surface area contributed by atoms with Crippen LogP contribution >= 0.6 is 0 Å². The minimum Gasteiger partial charge on any atom is -0.478 e. The second kappa shape index (κ2) is 5.30. The van der Waals surface area contributed by atoms with Gasteiger partial charge in [0, 0.05) is 18.4 Å². The molecule has 0 unspecified atom stereocenters. The predicted molar refractivity (Wildman–Crippen MR) is 63.9 cm³/mol. The van der Waals surface area contributed by atoms with E-state index in [1.807, 2.05) is 26.8 Å². The van der Waals surface area contributed by atoms with Crippen molar-refractivity contribution in [1.82, 2.24) is 4.98 Å². The molecule has 1 aromatic heterocycles. The number of anilines is 1. The van der Waals surface area contributed by atoms with Gasteiger partial charge in [-0.2, -0.15) is 0 Å². The first-order valence-corrected chi connectivity index (χ1v) is 5.08. The van der Waals surface area contributed by atoms with Crippen molar-refractivity contribution < 1.29 is 9.90 Å². The van der Waals surface area contributed by atoms with Gasteiger partial charge in [-0.25, -0.2) is 4.79 Å². The Labute approximate surface area is 95.0 Å². The van der Waals surface area contributed by atoms with Crippen LogP contribution in [0, 0.1) is 6.92 Å². The number of carboxylic acids is 1. The molecule has 0 aromatic carbocycles. The molecular formula is C12H16N2O2. The van der Waals surface area contributed by atoms with Crippen molar-refractivity contribution >= 4 is 11.7 Å². The van der Waals surface area contributed by atoms with E-state index < -0.39 is 5.97 Å². The lowest BCUT2D eigenvalue weighted by Gasteiger charge is -2.08. The van der Waals surface area contributed by atoms with E-state index in [1.165, 1.54) is 11.8 Å². The van der Waals surface area contributed by atoms with Gasteiger partial charge < -0.3 is 10.4 Å². The Morgan fingerprint density at radius 3 is 2.81 bits per heavy atom. The average Bonchev–Trinajstić information content (AvgIpc) is 2.16. The Balaban J connectivity index is 2.88. The zero-order valence-corrected chi connectivity index (χ0v) is 9.74. The zero-order valence-electron chi connectivity index (χ0n) is 9.74. The number of pyridine rings is 1. The molecule has 16 heavy (non-hydrogen) atoms. The normalized spacial score (nSPS) is 9.69. The summed E-state index contributed by atoms with van der Waals surface area (Å²) in [6.45, 7) is 6.44. The molecule has 0 saturated carbocycles. The fourth-order valence-electron chi connectivity index (χ4n) is 1.24. The van der Waals surface area contributed by atoms with Gasteiger partial charge in [-0.15, -0.1) is 0 Å². The molecule has 0 spiro atoms. The van der Waals surface area contributed by atoms with Gasteiger partial charge in [-0.1, -0.05) is 11.6 Å². The number of aromatic carboxylic acids is 1. The number of rotatable bonds is 4. The number of nitrogens with one attached hydrogen (secondary N) is 1. The van der Waals surface area contributed by atoms with E-state index in [0.717, 1.165) is 5.69 Å². The van der Waals surface area contributed by atoms with Crippen LogP contribution in [0.1, 0.15) is 29.9 Å². The molecule has 0 aliphatic heterocycles. The van der Waals surface area contributed by atoms with Crippen molar-refractivity contribution in [3.63, 3.8) is 0 Å². The number of hydrogen-bond acceptors (Lipinski definition) is 3. The molecule has 0 aliphatic rings. The first-order chi connectivity index (χ1) is 7.50. The summed E-state index contributed by atoms with van der Waals surface area (Å²) < 4.78 is 0. The Morgan fingerprint density at radius 1 is 1.56 bits per heavy atom. The highest BCUT2D eigenvalue weighted by Gasteiger charge is 2.09. The average molecular weight is 220 g/mol. The third kappa shape index (κ3) is 3.38. The van der Waals surface area contributed by atoms with Gasteiger partial charge in [0.2, 0.25) is 0 Å². The lowest BCUT2D eigenvalue weighted by Crippen LogP contribution is -2.07. The Morgan fingerprint density at radius 2 is 2.25 bits per heavy atom. The van der Waals surface area contributed by atoms with Crippen LogP contribution < -0.4 is 5.32 Å². The summed E-state index contributed by atoms with van der Waals surface area (Å²) in [6, 6.07) is 1.74. The van der Waals surface area contributed by atoms with Crippen LogP contribution in [-0.4, -0.2) is 22.6 Å². The number of aromatic nitrogens is 1. The van der Waals surface area contributed by atoms with E-state index >= 15 is 0 Å². The second-order valence-electron chi connectivity index (χ2n) is 3.84. The van der Waals surface area contributed by atoms with E-state index in [0.29, 0.717) is 12.2 Å². The highest BCUT2D eigenvalue weighted by Crippen LogP contribution is 2.15. The molecule has 0 radical (unpaired) electrons. The Hall–Kier alpha value is -1.84. The van der Waals surface area contributed by atoms with Gasteiger partial charge in [-0.3, -0.25) is 4.98 Å². The molecular weight excluding hydrogens is 204 g/mol. The quantitative estimate of drug-likeness (QED) is 0.765. The van der Waals surface area contributed by atoms with Gasteiger partial charge in [0.1, 0.15) is 5.56 Å². The molecule has 2 N–H and O–H groups in total. The van der Waals surface area contributed by atoms with Crippen LogP contribution in [0.15, 0.2) is 23.9 Å². The van der Waals surface area contributed by atoms with Crippen molar-refractivity contribution in [1.29, 1.82) is 0 Å². The van der Waals surface area contributed by atoms with E-state index in [2.05, 4.69) is 10.3 Å². The molecule has 0 bridgehead atoms. The van der Waals surface area contributed by atoms with E-state index in [-0.39, 0.29) is 5.56 Å². The van der Waals surface area contributed by atoms with Gasteiger partial charge in [0.25, 0.3) is 0 Å². The minimum atomic E-state index is -0.966. The number of carbonyl (C=O) groups is 1. The fraction of sp³-hybridized carbons (Fsp3) is 0.333. The van der Waals surface area contributed by atoms with Crippen molar-refractivity contribution in [2.45, 2.75) is 20.8 Å². The number of carboxylic acid groups (broad SMARTS) is 1. The highest BCUT2D eigenvalue weighted by atomic mass is 16.4. The topological polar surface area (TPSA) is 62.2 Å².